The number of sulfonamides is 1. The van der Waals surface area contributed by atoms with Gasteiger partial charge in [-0.25, -0.2) is 13.2 Å². The number of nitro benzene ring substituents is 1. The number of piperazine rings is 1. The maximum absolute atomic E-state index is 13.0. The largest absolute Gasteiger partial charge is 0.478 e. The van der Waals surface area contributed by atoms with Gasteiger partial charge in [-0.05, 0) is 12.1 Å². The number of aromatic nitrogens is 1. The highest BCUT2D eigenvalue weighted by molar-refractivity contribution is 7.89. The Balaban J connectivity index is 2.04. The van der Waals surface area contributed by atoms with Crippen molar-refractivity contribution < 1.29 is 28.0 Å². The minimum absolute atomic E-state index is 0.00878. The molecular weight excluding hydrogens is 392 g/mol. The smallest absolute Gasteiger partial charge is 0.337 e. The summed E-state index contributed by atoms with van der Waals surface area (Å²) in [5.74, 6) is -1.39. The molecule has 0 atom stereocenters. The van der Waals surface area contributed by atoms with E-state index in [9.17, 15) is 23.3 Å². The first-order valence-corrected chi connectivity index (χ1v) is 9.58. The zero-order valence-electron chi connectivity index (χ0n) is 14.4. The van der Waals surface area contributed by atoms with Gasteiger partial charge in [0, 0.05) is 44.5 Å². The van der Waals surface area contributed by atoms with Gasteiger partial charge in [0.25, 0.3) is 5.69 Å². The highest BCUT2D eigenvalue weighted by Crippen LogP contribution is 2.34. The van der Waals surface area contributed by atoms with Crippen LogP contribution in [0.1, 0.15) is 10.4 Å². The first-order chi connectivity index (χ1) is 13.3. The molecule has 1 aromatic heterocycles. The second-order valence-corrected chi connectivity index (χ2v) is 7.77. The molecule has 3 rings (SSSR count). The van der Waals surface area contributed by atoms with E-state index in [1.807, 2.05) is 0 Å². The van der Waals surface area contributed by atoms with Gasteiger partial charge in [-0.2, -0.15) is 4.31 Å². The van der Waals surface area contributed by atoms with Crippen LogP contribution in [0, 0.1) is 10.1 Å². The first kappa shape index (κ1) is 19.7. The number of rotatable bonds is 6. The van der Waals surface area contributed by atoms with E-state index in [0.29, 0.717) is 13.1 Å². The molecule has 1 aromatic carbocycles. The van der Waals surface area contributed by atoms with Crippen LogP contribution in [0.4, 0.5) is 5.69 Å². The molecule has 0 spiro atoms. The van der Waals surface area contributed by atoms with E-state index >= 15 is 0 Å². The zero-order chi connectivity index (χ0) is 20.3. The molecule has 0 saturated carbocycles. The SMILES string of the molecule is O=C(O)c1cncc(Oc2ccc([N+](=O)[O-])cc2S(=O)(=O)N2CCNCC2)c1. The number of carbonyl (C=O) groups is 1. The minimum atomic E-state index is -4.07. The summed E-state index contributed by atoms with van der Waals surface area (Å²) >= 11 is 0. The summed E-state index contributed by atoms with van der Waals surface area (Å²) in [6, 6.07) is 4.39. The average molecular weight is 408 g/mol. The summed E-state index contributed by atoms with van der Waals surface area (Å²) < 4.78 is 32.8. The number of hydrogen-bond donors (Lipinski definition) is 2. The predicted molar refractivity (Wildman–Crippen MR) is 96.0 cm³/mol. The van der Waals surface area contributed by atoms with Crippen molar-refractivity contribution in [2.75, 3.05) is 26.2 Å². The van der Waals surface area contributed by atoms with E-state index in [4.69, 9.17) is 9.84 Å². The normalized spacial score (nSPS) is 15.1. The van der Waals surface area contributed by atoms with Crippen molar-refractivity contribution in [3.8, 4) is 11.5 Å². The lowest BCUT2D eigenvalue weighted by molar-refractivity contribution is -0.385. The summed E-state index contributed by atoms with van der Waals surface area (Å²) in [7, 11) is -4.07. The molecule has 0 amide bonds. The minimum Gasteiger partial charge on any atom is -0.478 e. The van der Waals surface area contributed by atoms with E-state index in [-0.39, 0.29) is 35.0 Å². The van der Waals surface area contributed by atoms with Crippen LogP contribution >= 0.6 is 0 Å². The van der Waals surface area contributed by atoms with Crippen LogP contribution in [-0.4, -0.2) is 59.9 Å². The number of carboxylic acid groups (broad SMARTS) is 1. The molecule has 2 heterocycles. The monoisotopic (exact) mass is 408 g/mol. The number of non-ortho nitro benzene ring substituents is 1. The van der Waals surface area contributed by atoms with Crippen molar-refractivity contribution in [3.63, 3.8) is 0 Å². The number of carboxylic acids is 1. The summed E-state index contributed by atoms with van der Waals surface area (Å²) in [6.07, 6.45) is 2.33. The number of hydrogen-bond acceptors (Lipinski definition) is 8. The third-order valence-corrected chi connectivity index (χ3v) is 5.94. The number of nitrogens with zero attached hydrogens (tertiary/aromatic N) is 3. The number of aromatic carboxylic acids is 1. The highest BCUT2D eigenvalue weighted by atomic mass is 32.2. The van der Waals surface area contributed by atoms with Gasteiger partial charge < -0.3 is 15.2 Å². The van der Waals surface area contributed by atoms with Crippen LogP contribution in [0.5, 0.6) is 11.5 Å². The molecule has 1 aliphatic rings. The summed E-state index contributed by atoms with van der Waals surface area (Å²) in [5.41, 5.74) is -0.551. The average Bonchev–Trinajstić information content (AvgIpc) is 2.69. The predicted octanol–water partition coefficient (Wildman–Crippen LogP) is 1.07. The molecule has 0 radical (unpaired) electrons. The van der Waals surface area contributed by atoms with Gasteiger partial charge in [0.1, 0.15) is 16.4 Å². The summed E-state index contributed by atoms with van der Waals surface area (Å²) in [4.78, 5) is 24.9. The molecule has 11 nitrogen and oxygen atoms in total. The molecule has 1 fully saturated rings. The van der Waals surface area contributed by atoms with Crippen molar-refractivity contribution in [1.82, 2.24) is 14.6 Å². The number of nitro groups is 1. The maximum atomic E-state index is 13.0. The quantitative estimate of drug-likeness (QED) is 0.528. The molecule has 2 N–H and O–H groups in total. The van der Waals surface area contributed by atoms with Gasteiger partial charge >= 0.3 is 5.97 Å². The Bertz CT molecular complexity index is 1020. The van der Waals surface area contributed by atoms with E-state index in [1.54, 1.807) is 0 Å². The number of pyridine rings is 1. The van der Waals surface area contributed by atoms with Gasteiger partial charge in [0.05, 0.1) is 16.7 Å². The summed E-state index contributed by atoms with van der Waals surface area (Å²) in [5, 5.41) is 23.2. The maximum Gasteiger partial charge on any atom is 0.337 e. The molecular formula is C16H16N4O7S. The lowest BCUT2D eigenvalue weighted by Crippen LogP contribution is -2.46. The van der Waals surface area contributed by atoms with Gasteiger partial charge in [-0.3, -0.25) is 15.1 Å². The molecule has 1 saturated heterocycles. The Morgan fingerprint density at radius 1 is 1.25 bits per heavy atom. The Labute approximate surface area is 159 Å². The van der Waals surface area contributed by atoms with Gasteiger partial charge in [-0.1, -0.05) is 0 Å². The van der Waals surface area contributed by atoms with Crippen LogP contribution < -0.4 is 10.1 Å². The second-order valence-electron chi connectivity index (χ2n) is 5.86. The standard InChI is InChI=1S/C16H16N4O7S/c21-16(22)11-7-13(10-18-9-11)27-14-2-1-12(20(23)24)8-15(14)28(25,26)19-5-3-17-4-6-19/h1-2,7-10,17H,3-6H2,(H,21,22). The number of nitrogens with one attached hydrogen (secondary N) is 1. The molecule has 0 aliphatic carbocycles. The Hall–Kier alpha value is -3.09. The van der Waals surface area contributed by atoms with Crippen molar-refractivity contribution in [2.24, 2.45) is 0 Å². The molecule has 0 bridgehead atoms. The molecule has 28 heavy (non-hydrogen) atoms. The third-order valence-electron chi connectivity index (χ3n) is 4.02. The fourth-order valence-corrected chi connectivity index (χ4v) is 4.21. The van der Waals surface area contributed by atoms with Gasteiger partial charge in [-0.15, -0.1) is 0 Å². The Morgan fingerprint density at radius 2 is 1.96 bits per heavy atom. The molecule has 148 valence electrons. The highest BCUT2D eigenvalue weighted by Gasteiger charge is 2.31. The number of benzene rings is 1. The molecule has 2 aromatic rings. The Kier molecular flexibility index (Phi) is 5.53. The first-order valence-electron chi connectivity index (χ1n) is 8.14. The zero-order valence-corrected chi connectivity index (χ0v) is 15.3. The van der Waals surface area contributed by atoms with Crippen LogP contribution in [0.15, 0.2) is 41.6 Å². The van der Waals surface area contributed by atoms with Crippen molar-refractivity contribution in [3.05, 3.63) is 52.3 Å². The third kappa shape index (κ3) is 4.08. The second kappa shape index (κ2) is 7.88. The van der Waals surface area contributed by atoms with Crippen molar-refractivity contribution in [1.29, 1.82) is 0 Å². The molecule has 1 aliphatic heterocycles. The lowest BCUT2D eigenvalue weighted by atomic mass is 10.3. The van der Waals surface area contributed by atoms with Crippen LogP contribution in [-0.2, 0) is 10.0 Å². The lowest BCUT2D eigenvalue weighted by Gasteiger charge is -2.27. The van der Waals surface area contributed by atoms with Gasteiger partial charge in [0.15, 0.2) is 0 Å². The van der Waals surface area contributed by atoms with E-state index in [1.165, 1.54) is 22.6 Å². The van der Waals surface area contributed by atoms with Gasteiger partial charge in [0.2, 0.25) is 10.0 Å². The Morgan fingerprint density at radius 3 is 2.61 bits per heavy atom. The summed E-state index contributed by atoms with van der Waals surface area (Å²) in [6.45, 7) is 1.32. The van der Waals surface area contributed by atoms with Crippen LogP contribution in [0.3, 0.4) is 0 Å². The van der Waals surface area contributed by atoms with Crippen LogP contribution in [0.25, 0.3) is 0 Å². The van der Waals surface area contributed by atoms with E-state index in [2.05, 4.69) is 10.3 Å². The number of ether oxygens (including phenoxy) is 1. The van der Waals surface area contributed by atoms with E-state index in [0.717, 1.165) is 18.3 Å². The van der Waals surface area contributed by atoms with Crippen molar-refractivity contribution in [2.45, 2.75) is 4.90 Å². The molecule has 12 heteroatoms. The fraction of sp³-hybridized carbons (Fsp3) is 0.250. The topological polar surface area (TPSA) is 152 Å². The van der Waals surface area contributed by atoms with E-state index < -0.39 is 26.6 Å². The fourth-order valence-electron chi connectivity index (χ4n) is 2.64. The van der Waals surface area contributed by atoms with Crippen molar-refractivity contribution >= 4 is 21.7 Å². The molecule has 0 unspecified atom stereocenters. The van der Waals surface area contributed by atoms with Crippen LogP contribution in [0.2, 0.25) is 0 Å².